The van der Waals surface area contributed by atoms with Crippen LogP contribution in [-0.2, 0) is 22.6 Å². The molecule has 2 amide bonds. The highest BCUT2D eigenvalue weighted by atomic mass is 79.9. The smallest absolute Gasteiger partial charge is 0.261 e. The van der Waals surface area contributed by atoms with Crippen LogP contribution in [-0.4, -0.2) is 34.9 Å². The van der Waals surface area contributed by atoms with E-state index in [1.807, 2.05) is 94.4 Å². The molecule has 0 aliphatic carbocycles. The third-order valence-corrected chi connectivity index (χ3v) is 5.95. The van der Waals surface area contributed by atoms with Gasteiger partial charge in [-0.2, -0.15) is 0 Å². The van der Waals surface area contributed by atoms with Gasteiger partial charge >= 0.3 is 0 Å². The highest BCUT2D eigenvalue weighted by Gasteiger charge is 2.32. The molecule has 3 aromatic carbocycles. The lowest BCUT2D eigenvalue weighted by molar-refractivity contribution is -0.143. The Morgan fingerprint density at radius 2 is 1.54 bits per heavy atom. The second kappa shape index (κ2) is 12.0. The highest BCUT2D eigenvalue weighted by molar-refractivity contribution is 9.10. The maximum Gasteiger partial charge on any atom is 0.261 e. The number of rotatable bonds is 9. The van der Waals surface area contributed by atoms with Crippen molar-refractivity contribution in [3.05, 3.63) is 100 Å². The summed E-state index contributed by atoms with van der Waals surface area (Å²) in [6.45, 7) is 7.97. The second-order valence-corrected chi connectivity index (χ2v) is 10.6. The average Bonchev–Trinajstić information content (AvgIpc) is 2.81. The molecule has 0 bridgehead atoms. The van der Waals surface area contributed by atoms with E-state index in [0.29, 0.717) is 18.7 Å². The first-order valence-electron chi connectivity index (χ1n) is 11.7. The fourth-order valence-electron chi connectivity index (χ4n) is 3.66. The van der Waals surface area contributed by atoms with Crippen LogP contribution in [0.15, 0.2) is 83.3 Å². The van der Waals surface area contributed by atoms with Crippen LogP contribution in [0.4, 0.5) is 0 Å². The summed E-state index contributed by atoms with van der Waals surface area (Å²) in [7, 11) is 0. The minimum Gasteiger partial charge on any atom is -0.484 e. The van der Waals surface area contributed by atoms with Gasteiger partial charge in [-0.15, -0.1) is 0 Å². The quantitative estimate of drug-likeness (QED) is 0.382. The summed E-state index contributed by atoms with van der Waals surface area (Å²) >= 11 is 3.41. The Kier molecular flexibility index (Phi) is 9.10. The largest absolute Gasteiger partial charge is 0.484 e. The zero-order valence-electron chi connectivity index (χ0n) is 20.8. The first-order valence-corrected chi connectivity index (χ1v) is 12.5. The van der Waals surface area contributed by atoms with Gasteiger partial charge in [0.25, 0.3) is 5.91 Å². The number of amides is 2. The van der Waals surface area contributed by atoms with Crippen molar-refractivity contribution in [2.24, 2.45) is 0 Å². The van der Waals surface area contributed by atoms with E-state index < -0.39 is 11.6 Å². The lowest BCUT2D eigenvalue weighted by Gasteiger charge is -2.33. The molecule has 0 aromatic heterocycles. The number of hydrogen-bond donors (Lipinski definition) is 1. The van der Waals surface area contributed by atoms with Crippen LogP contribution >= 0.6 is 15.9 Å². The molecule has 0 radical (unpaired) electrons. The van der Waals surface area contributed by atoms with Gasteiger partial charge in [-0.3, -0.25) is 9.59 Å². The lowest BCUT2D eigenvalue weighted by atomic mass is 10.0. The number of carbonyl (C=O) groups excluding carboxylic acids is 2. The predicted molar refractivity (Wildman–Crippen MR) is 143 cm³/mol. The third kappa shape index (κ3) is 8.55. The summed E-state index contributed by atoms with van der Waals surface area (Å²) < 4.78 is 6.73. The van der Waals surface area contributed by atoms with Gasteiger partial charge in [-0.25, -0.2) is 0 Å². The Balaban J connectivity index is 1.91. The molecule has 3 aromatic rings. The van der Waals surface area contributed by atoms with Gasteiger partial charge in [0.15, 0.2) is 6.61 Å². The molecule has 0 fully saturated rings. The third-order valence-electron chi connectivity index (χ3n) is 5.42. The van der Waals surface area contributed by atoms with E-state index in [9.17, 15) is 9.59 Å². The average molecular weight is 537 g/mol. The van der Waals surface area contributed by atoms with Crippen LogP contribution < -0.4 is 10.1 Å². The summed E-state index contributed by atoms with van der Waals surface area (Å²) in [6, 6.07) is 24.4. The van der Waals surface area contributed by atoms with E-state index in [4.69, 9.17) is 4.74 Å². The molecule has 0 unspecified atom stereocenters. The van der Waals surface area contributed by atoms with E-state index in [1.54, 1.807) is 17.0 Å². The minimum absolute atomic E-state index is 0.165. The molecule has 3 rings (SSSR count). The minimum atomic E-state index is -0.695. The molecule has 0 aliphatic heterocycles. The number of nitrogens with zero attached hydrogens (tertiary/aromatic N) is 1. The number of ether oxygens (including phenoxy) is 1. The molecule has 1 N–H and O–H groups in total. The van der Waals surface area contributed by atoms with Crippen molar-refractivity contribution in [1.82, 2.24) is 10.2 Å². The monoisotopic (exact) mass is 536 g/mol. The summed E-state index contributed by atoms with van der Waals surface area (Å²) in [5.41, 5.74) is 2.64. The Hall–Kier alpha value is -3.12. The van der Waals surface area contributed by atoms with Crippen molar-refractivity contribution in [1.29, 1.82) is 0 Å². The summed E-state index contributed by atoms with van der Waals surface area (Å²) in [5, 5.41) is 3.07. The Bertz CT molecular complexity index is 1110. The number of benzene rings is 3. The van der Waals surface area contributed by atoms with Crippen LogP contribution in [0.2, 0.25) is 0 Å². The second-order valence-electron chi connectivity index (χ2n) is 9.69. The highest BCUT2D eigenvalue weighted by Crippen LogP contribution is 2.19. The van der Waals surface area contributed by atoms with Crippen molar-refractivity contribution < 1.29 is 14.3 Å². The van der Waals surface area contributed by atoms with Crippen molar-refractivity contribution in [2.45, 2.75) is 52.2 Å². The molecule has 0 aliphatic rings. The van der Waals surface area contributed by atoms with Crippen LogP contribution in [0.25, 0.3) is 0 Å². The van der Waals surface area contributed by atoms with Gasteiger partial charge < -0.3 is 15.0 Å². The summed E-state index contributed by atoms with van der Waals surface area (Å²) in [4.78, 5) is 28.7. The van der Waals surface area contributed by atoms with Crippen LogP contribution in [0.1, 0.15) is 37.5 Å². The van der Waals surface area contributed by atoms with E-state index in [1.165, 1.54) is 0 Å². The van der Waals surface area contributed by atoms with Gasteiger partial charge in [0.05, 0.1) is 0 Å². The Morgan fingerprint density at radius 1 is 0.914 bits per heavy atom. The topological polar surface area (TPSA) is 58.6 Å². The number of hydrogen-bond acceptors (Lipinski definition) is 3. The number of aryl methyl sites for hydroxylation is 1. The Labute approximate surface area is 216 Å². The molecule has 184 valence electrons. The molecular weight excluding hydrogens is 504 g/mol. The van der Waals surface area contributed by atoms with Crippen molar-refractivity contribution >= 4 is 27.7 Å². The van der Waals surface area contributed by atoms with Gasteiger partial charge in [-0.1, -0.05) is 76.1 Å². The molecule has 5 nitrogen and oxygen atoms in total. The molecule has 6 heteroatoms. The molecule has 0 saturated carbocycles. The van der Waals surface area contributed by atoms with Crippen molar-refractivity contribution in [3.63, 3.8) is 0 Å². The van der Waals surface area contributed by atoms with Gasteiger partial charge in [-0.05, 0) is 63.1 Å². The molecule has 35 heavy (non-hydrogen) atoms. The van der Waals surface area contributed by atoms with Crippen LogP contribution in [0, 0.1) is 6.92 Å². The van der Waals surface area contributed by atoms with E-state index in [-0.39, 0.29) is 18.4 Å². The summed E-state index contributed by atoms with van der Waals surface area (Å²) in [5.74, 6) is 0.152. The normalized spacial score (nSPS) is 12.0. The molecule has 0 heterocycles. The maximum atomic E-state index is 13.6. The van der Waals surface area contributed by atoms with Crippen LogP contribution in [0.3, 0.4) is 0 Å². The van der Waals surface area contributed by atoms with Gasteiger partial charge in [0, 0.05) is 23.0 Å². The maximum absolute atomic E-state index is 13.6. The molecule has 0 spiro atoms. The van der Waals surface area contributed by atoms with Crippen molar-refractivity contribution in [3.8, 4) is 5.75 Å². The van der Waals surface area contributed by atoms with Crippen LogP contribution in [0.5, 0.6) is 5.75 Å². The fraction of sp³-hybridized carbons (Fsp3) is 0.310. The van der Waals surface area contributed by atoms with Gasteiger partial charge in [0.2, 0.25) is 5.91 Å². The van der Waals surface area contributed by atoms with E-state index in [2.05, 4.69) is 21.2 Å². The standard InChI is InChI=1S/C29H33BrN2O3/c1-21-10-12-23(13-11-21)19-32(27(33)20-35-25-16-14-24(30)15-17-25)26(28(34)31-29(2,3)4)18-22-8-6-5-7-9-22/h5-17,26H,18-20H2,1-4H3,(H,31,34)/t26-/m1/s1. The SMILES string of the molecule is Cc1ccc(CN(C(=O)COc2ccc(Br)cc2)[C@H](Cc2ccccc2)C(=O)NC(C)(C)C)cc1. The van der Waals surface area contributed by atoms with Gasteiger partial charge in [0.1, 0.15) is 11.8 Å². The predicted octanol–water partition coefficient (Wildman–Crippen LogP) is 5.69. The molecule has 0 saturated heterocycles. The zero-order valence-corrected chi connectivity index (χ0v) is 22.3. The number of nitrogens with one attached hydrogen (secondary N) is 1. The first-order chi connectivity index (χ1) is 16.6. The van der Waals surface area contributed by atoms with E-state index in [0.717, 1.165) is 21.2 Å². The zero-order chi connectivity index (χ0) is 25.4. The lowest BCUT2D eigenvalue weighted by Crippen LogP contribution is -2.55. The van der Waals surface area contributed by atoms with E-state index >= 15 is 0 Å². The molecule has 1 atom stereocenters. The first kappa shape index (κ1) is 26.5. The fourth-order valence-corrected chi connectivity index (χ4v) is 3.92. The Morgan fingerprint density at radius 3 is 2.14 bits per heavy atom. The molecular formula is C29H33BrN2O3. The van der Waals surface area contributed by atoms with Crippen molar-refractivity contribution in [2.75, 3.05) is 6.61 Å². The summed E-state index contributed by atoms with van der Waals surface area (Å²) in [6.07, 6.45) is 0.401. The number of halogens is 1. The number of carbonyl (C=O) groups is 2.